The van der Waals surface area contributed by atoms with Gasteiger partial charge in [-0.3, -0.25) is 9.55 Å². The van der Waals surface area contributed by atoms with Crippen LogP contribution in [0.5, 0.6) is 0 Å². The molecule has 0 aliphatic heterocycles. The monoisotopic (exact) mass is 365 g/mol. The summed E-state index contributed by atoms with van der Waals surface area (Å²) >= 11 is 1.47. The van der Waals surface area contributed by atoms with E-state index in [4.69, 9.17) is 13.5 Å². The Morgan fingerprint density at radius 3 is 2.75 bits per heavy atom. The lowest BCUT2D eigenvalue weighted by atomic mass is 10.3. The van der Waals surface area contributed by atoms with Crippen LogP contribution in [0, 0.1) is 0 Å². The summed E-state index contributed by atoms with van der Waals surface area (Å²) in [7, 11) is -0.923. The summed E-state index contributed by atoms with van der Waals surface area (Å²) in [6.45, 7) is 0.438. The third kappa shape index (κ3) is 3.42. The zero-order chi connectivity index (χ0) is 17.0. The summed E-state index contributed by atoms with van der Waals surface area (Å²) in [6, 6.07) is 7.52. The predicted molar refractivity (Wildman–Crippen MR) is 92.6 cm³/mol. The average Bonchev–Trinajstić information content (AvgIpc) is 3.30. The molecule has 7 nitrogen and oxygen atoms in total. The first-order valence-electron chi connectivity index (χ1n) is 7.06. The maximum absolute atomic E-state index is 12.8. The van der Waals surface area contributed by atoms with E-state index in [1.165, 1.54) is 25.6 Å². The molecule has 3 aromatic rings. The molecule has 0 fully saturated rings. The highest BCUT2D eigenvalue weighted by atomic mass is 32.1. The molecule has 0 saturated carbocycles. The van der Waals surface area contributed by atoms with Gasteiger partial charge >= 0.3 is 7.60 Å². The summed E-state index contributed by atoms with van der Waals surface area (Å²) in [5.41, 5.74) is 1.07. The average molecular weight is 365 g/mol. The van der Waals surface area contributed by atoms with E-state index >= 15 is 0 Å². The molecule has 1 N–H and O–H groups in total. The van der Waals surface area contributed by atoms with Gasteiger partial charge in [0.25, 0.3) is 0 Å². The molecule has 0 bridgehead atoms. The smallest absolute Gasteiger partial charge is 0.384 e. The topological polar surface area (TPSA) is 86.5 Å². The zero-order valence-corrected chi connectivity index (χ0v) is 14.8. The van der Waals surface area contributed by atoms with Crippen molar-refractivity contribution in [1.29, 1.82) is 0 Å². The van der Waals surface area contributed by atoms with Gasteiger partial charge in [0.1, 0.15) is 0 Å². The van der Waals surface area contributed by atoms with E-state index in [1.54, 1.807) is 12.4 Å². The van der Waals surface area contributed by atoms with Crippen LogP contribution in [0.15, 0.2) is 46.5 Å². The lowest BCUT2D eigenvalue weighted by molar-refractivity contribution is 0.286. The fourth-order valence-corrected chi connectivity index (χ4v) is 3.78. The van der Waals surface area contributed by atoms with Crippen molar-refractivity contribution in [1.82, 2.24) is 9.97 Å². The summed E-state index contributed by atoms with van der Waals surface area (Å²) < 4.78 is 28.6. The van der Waals surface area contributed by atoms with Gasteiger partial charge in [-0.25, -0.2) is 0 Å². The van der Waals surface area contributed by atoms with Crippen LogP contribution in [0.25, 0.3) is 10.8 Å². The molecule has 3 aromatic heterocycles. The standard InChI is InChI=1S/C15H16N3O4PS/c1-20-23(19,21-2)15-14(17-10-11-5-3-7-16-9-11)22-13(18-15)12-6-4-8-24-12/h3-9,17H,10H2,1-2H3. The fourth-order valence-electron chi connectivity index (χ4n) is 2.05. The number of nitrogens with zero attached hydrogens (tertiary/aromatic N) is 2. The van der Waals surface area contributed by atoms with Gasteiger partial charge in [0, 0.05) is 33.2 Å². The highest BCUT2D eigenvalue weighted by molar-refractivity contribution is 7.62. The molecule has 0 amide bonds. The van der Waals surface area contributed by atoms with E-state index in [1.807, 2.05) is 29.6 Å². The van der Waals surface area contributed by atoms with Crippen LogP contribution in [-0.2, 0) is 20.2 Å². The van der Waals surface area contributed by atoms with Crippen LogP contribution in [0.1, 0.15) is 5.56 Å². The summed E-state index contributed by atoms with van der Waals surface area (Å²) in [5, 5.41) is 5.00. The minimum absolute atomic E-state index is 0.125. The van der Waals surface area contributed by atoms with Gasteiger partial charge in [-0.2, -0.15) is 4.98 Å². The van der Waals surface area contributed by atoms with Gasteiger partial charge < -0.3 is 18.8 Å². The number of pyridine rings is 1. The molecule has 0 aliphatic rings. The Hall–Kier alpha value is -1.99. The Kier molecular flexibility index (Phi) is 5.11. The fraction of sp³-hybridized carbons (Fsp3) is 0.200. The summed E-state index contributed by atoms with van der Waals surface area (Å²) in [4.78, 5) is 9.21. The van der Waals surface area contributed by atoms with E-state index < -0.39 is 7.60 Å². The number of rotatable bonds is 7. The molecule has 0 unspecified atom stereocenters. The molecule has 0 radical (unpaired) electrons. The first kappa shape index (κ1) is 16.9. The molecule has 9 heteroatoms. The van der Waals surface area contributed by atoms with Crippen LogP contribution < -0.4 is 10.8 Å². The van der Waals surface area contributed by atoms with Crippen LogP contribution in [0.2, 0.25) is 0 Å². The van der Waals surface area contributed by atoms with Crippen molar-refractivity contribution >= 4 is 30.3 Å². The van der Waals surface area contributed by atoms with Crippen molar-refractivity contribution in [2.24, 2.45) is 0 Å². The first-order chi connectivity index (χ1) is 11.7. The van der Waals surface area contributed by atoms with Gasteiger partial charge in [-0.1, -0.05) is 12.1 Å². The molecule has 3 rings (SSSR count). The third-order valence-corrected chi connectivity index (χ3v) is 5.90. The van der Waals surface area contributed by atoms with Crippen molar-refractivity contribution in [3.8, 4) is 10.8 Å². The number of hydrogen-bond donors (Lipinski definition) is 1. The minimum atomic E-state index is -3.55. The van der Waals surface area contributed by atoms with Crippen LogP contribution in [0.4, 0.5) is 5.88 Å². The highest BCUT2D eigenvalue weighted by Crippen LogP contribution is 2.47. The van der Waals surface area contributed by atoms with Crippen molar-refractivity contribution in [3.05, 3.63) is 47.6 Å². The molecular formula is C15H16N3O4PS. The van der Waals surface area contributed by atoms with Gasteiger partial charge in [-0.15, -0.1) is 11.3 Å². The number of oxazole rings is 1. The van der Waals surface area contributed by atoms with E-state index in [9.17, 15) is 4.57 Å². The van der Waals surface area contributed by atoms with E-state index in [0.29, 0.717) is 12.4 Å². The van der Waals surface area contributed by atoms with Crippen molar-refractivity contribution in [2.45, 2.75) is 6.54 Å². The molecule has 0 aliphatic carbocycles. The zero-order valence-electron chi connectivity index (χ0n) is 13.1. The second kappa shape index (κ2) is 7.27. The summed E-state index contributed by atoms with van der Waals surface area (Å²) in [5.74, 6) is 0.622. The lowest BCUT2D eigenvalue weighted by Crippen LogP contribution is -2.14. The predicted octanol–water partition coefficient (Wildman–Crippen LogP) is 3.52. The lowest BCUT2D eigenvalue weighted by Gasteiger charge is -2.12. The maximum atomic E-state index is 12.8. The number of nitrogens with one attached hydrogen (secondary N) is 1. The van der Waals surface area contributed by atoms with Crippen LogP contribution in [-0.4, -0.2) is 24.2 Å². The first-order valence-corrected chi connectivity index (χ1v) is 9.48. The second-order valence-electron chi connectivity index (χ2n) is 4.73. The summed E-state index contributed by atoms with van der Waals surface area (Å²) in [6.07, 6.45) is 3.43. The van der Waals surface area contributed by atoms with E-state index in [2.05, 4.69) is 15.3 Å². The quantitative estimate of drug-likeness (QED) is 0.641. The Morgan fingerprint density at radius 1 is 1.29 bits per heavy atom. The number of hydrogen-bond acceptors (Lipinski definition) is 8. The number of thiophene rings is 1. The van der Waals surface area contributed by atoms with Crippen LogP contribution in [0.3, 0.4) is 0 Å². The SMILES string of the molecule is COP(=O)(OC)c1nc(-c2cccs2)oc1NCc1cccnc1. The largest absolute Gasteiger partial charge is 0.419 e. The minimum Gasteiger partial charge on any atom is -0.419 e. The molecule has 0 aromatic carbocycles. The number of aromatic nitrogens is 2. The van der Waals surface area contributed by atoms with Crippen molar-refractivity contribution in [2.75, 3.05) is 19.5 Å². The van der Waals surface area contributed by atoms with Gasteiger partial charge in [0.15, 0.2) is 0 Å². The van der Waals surface area contributed by atoms with Crippen LogP contribution >= 0.6 is 18.9 Å². The Labute approximate surface area is 143 Å². The number of anilines is 1. The third-order valence-electron chi connectivity index (χ3n) is 3.26. The molecule has 3 heterocycles. The molecular weight excluding hydrogens is 349 g/mol. The van der Waals surface area contributed by atoms with Gasteiger partial charge in [-0.05, 0) is 23.1 Å². The highest BCUT2D eigenvalue weighted by Gasteiger charge is 2.34. The van der Waals surface area contributed by atoms with Crippen molar-refractivity contribution in [3.63, 3.8) is 0 Å². The Balaban J connectivity index is 1.95. The molecule has 0 spiro atoms. The molecule has 126 valence electrons. The van der Waals surface area contributed by atoms with Crippen molar-refractivity contribution < 1.29 is 18.0 Å². The molecule has 24 heavy (non-hydrogen) atoms. The Morgan fingerprint density at radius 2 is 2.12 bits per heavy atom. The van der Waals surface area contributed by atoms with E-state index in [0.717, 1.165) is 10.4 Å². The second-order valence-corrected chi connectivity index (χ2v) is 7.82. The molecule has 0 saturated heterocycles. The Bertz CT molecular complexity index is 828. The van der Waals surface area contributed by atoms with Gasteiger partial charge in [0.2, 0.25) is 17.2 Å². The maximum Gasteiger partial charge on any atom is 0.384 e. The van der Waals surface area contributed by atoms with Gasteiger partial charge in [0.05, 0.1) is 4.88 Å². The molecule has 0 atom stereocenters. The normalized spacial score (nSPS) is 11.6. The van der Waals surface area contributed by atoms with E-state index in [-0.39, 0.29) is 11.3 Å².